The Morgan fingerprint density at radius 3 is 2.55 bits per heavy atom. The average molecular weight is 393 g/mol. The Bertz CT molecular complexity index is 1020. The Morgan fingerprint density at radius 1 is 1.10 bits per heavy atom. The molecule has 0 bridgehead atoms. The number of fused-ring (bicyclic) bond motifs is 1. The second-order valence-corrected chi connectivity index (χ2v) is 7.56. The lowest BCUT2D eigenvalue weighted by Gasteiger charge is -2.29. The zero-order valence-electron chi connectivity index (χ0n) is 16.9. The molecule has 0 atom stereocenters. The molecule has 1 N–H and O–H groups in total. The number of nitrogens with zero attached hydrogens (tertiary/aromatic N) is 2. The van der Waals surface area contributed by atoms with Gasteiger partial charge in [0, 0.05) is 12.1 Å². The van der Waals surface area contributed by atoms with E-state index in [9.17, 15) is 4.79 Å². The molecule has 0 unspecified atom stereocenters. The molecule has 0 radical (unpaired) electrons. The lowest BCUT2D eigenvalue weighted by Crippen LogP contribution is -2.34. The Balaban J connectivity index is 1.64. The number of hydrogen-bond acceptors (Lipinski definition) is 5. The summed E-state index contributed by atoms with van der Waals surface area (Å²) in [5.41, 5.74) is 1.59. The van der Waals surface area contributed by atoms with Crippen LogP contribution in [0.5, 0.6) is 11.5 Å². The van der Waals surface area contributed by atoms with Crippen LogP contribution in [0, 0.1) is 0 Å². The second kappa shape index (κ2) is 8.66. The fraction of sp³-hybridized carbons (Fsp3) is 0.391. The SMILES string of the molecule is CNC1CCC(Oc2cc3c(=O)n(Cc4ccccc4)cnc3cc2OC)CC1. The molecule has 3 aromatic rings. The van der Waals surface area contributed by atoms with E-state index in [2.05, 4.69) is 10.3 Å². The van der Waals surface area contributed by atoms with E-state index in [1.165, 1.54) is 0 Å². The zero-order chi connectivity index (χ0) is 20.2. The highest BCUT2D eigenvalue weighted by atomic mass is 16.5. The molecule has 0 saturated heterocycles. The molecular formula is C23H27N3O3. The molecule has 4 rings (SSSR count). The Morgan fingerprint density at radius 2 is 1.86 bits per heavy atom. The van der Waals surface area contributed by atoms with E-state index in [0.29, 0.717) is 35.0 Å². The van der Waals surface area contributed by atoms with Gasteiger partial charge in [0.1, 0.15) is 0 Å². The molecule has 152 valence electrons. The van der Waals surface area contributed by atoms with Gasteiger partial charge in [-0.05, 0) is 44.4 Å². The first-order chi connectivity index (χ1) is 14.2. The maximum atomic E-state index is 13.1. The van der Waals surface area contributed by atoms with Gasteiger partial charge in [0.15, 0.2) is 11.5 Å². The molecule has 1 aromatic heterocycles. The molecule has 1 heterocycles. The van der Waals surface area contributed by atoms with E-state index < -0.39 is 0 Å². The number of methoxy groups -OCH3 is 1. The van der Waals surface area contributed by atoms with Crippen molar-refractivity contribution >= 4 is 10.9 Å². The van der Waals surface area contributed by atoms with Crippen LogP contribution in [0.15, 0.2) is 53.6 Å². The monoisotopic (exact) mass is 393 g/mol. The second-order valence-electron chi connectivity index (χ2n) is 7.56. The van der Waals surface area contributed by atoms with E-state index in [1.54, 1.807) is 30.1 Å². The summed E-state index contributed by atoms with van der Waals surface area (Å²) in [6.07, 6.45) is 5.87. The Hall–Kier alpha value is -2.86. The van der Waals surface area contributed by atoms with E-state index in [4.69, 9.17) is 9.47 Å². The average Bonchev–Trinajstić information content (AvgIpc) is 2.77. The zero-order valence-corrected chi connectivity index (χ0v) is 16.9. The summed E-state index contributed by atoms with van der Waals surface area (Å²) < 4.78 is 13.4. The first kappa shape index (κ1) is 19.5. The van der Waals surface area contributed by atoms with Crippen LogP contribution >= 0.6 is 0 Å². The quantitative estimate of drug-likeness (QED) is 0.696. The van der Waals surface area contributed by atoms with Gasteiger partial charge in [-0.3, -0.25) is 9.36 Å². The van der Waals surface area contributed by atoms with Crippen molar-refractivity contribution in [3.63, 3.8) is 0 Å². The van der Waals surface area contributed by atoms with Crippen molar-refractivity contribution in [2.45, 2.75) is 44.4 Å². The Kier molecular flexibility index (Phi) is 5.81. The predicted molar refractivity (Wildman–Crippen MR) is 114 cm³/mol. The van der Waals surface area contributed by atoms with Crippen molar-refractivity contribution in [1.82, 2.24) is 14.9 Å². The van der Waals surface area contributed by atoms with Gasteiger partial charge in [-0.25, -0.2) is 4.98 Å². The molecule has 29 heavy (non-hydrogen) atoms. The third-order valence-electron chi connectivity index (χ3n) is 5.68. The summed E-state index contributed by atoms with van der Waals surface area (Å²) in [5.74, 6) is 1.23. The summed E-state index contributed by atoms with van der Waals surface area (Å²) in [7, 11) is 3.62. The molecule has 1 aliphatic carbocycles. The van der Waals surface area contributed by atoms with Gasteiger partial charge >= 0.3 is 0 Å². The van der Waals surface area contributed by atoms with Crippen LogP contribution in [0.4, 0.5) is 0 Å². The fourth-order valence-electron chi connectivity index (χ4n) is 3.96. The third-order valence-corrected chi connectivity index (χ3v) is 5.68. The van der Waals surface area contributed by atoms with Crippen molar-refractivity contribution < 1.29 is 9.47 Å². The molecule has 0 spiro atoms. The summed E-state index contributed by atoms with van der Waals surface area (Å²) in [5, 5.41) is 3.88. The number of nitrogens with one attached hydrogen (secondary N) is 1. The molecule has 1 saturated carbocycles. The van der Waals surface area contributed by atoms with Crippen molar-refractivity contribution in [3.8, 4) is 11.5 Å². The van der Waals surface area contributed by atoms with Crippen LogP contribution in [-0.4, -0.2) is 35.9 Å². The third kappa shape index (κ3) is 4.27. The predicted octanol–water partition coefficient (Wildman–Crippen LogP) is 3.36. The van der Waals surface area contributed by atoms with Crippen LogP contribution in [0.3, 0.4) is 0 Å². The molecule has 0 aliphatic heterocycles. The first-order valence-electron chi connectivity index (χ1n) is 10.1. The van der Waals surface area contributed by atoms with Gasteiger partial charge in [-0.1, -0.05) is 30.3 Å². The van der Waals surface area contributed by atoms with Crippen LogP contribution in [0.1, 0.15) is 31.2 Å². The standard InChI is InChI=1S/C23H27N3O3/c1-24-17-8-10-18(11-9-17)29-22-12-19-20(13-21(22)28-2)25-15-26(23(19)27)14-16-6-4-3-5-7-16/h3-7,12-13,15,17-18,24H,8-11,14H2,1-2H3. The first-order valence-corrected chi connectivity index (χ1v) is 10.1. The van der Waals surface area contributed by atoms with Crippen LogP contribution in [-0.2, 0) is 6.54 Å². The number of aromatic nitrogens is 2. The molecule has 6 nitrogen and oxygen atoms in total. The van der Waals surface area contributed by atoms with Crippen molar-refractivity contribution in [2.75, 3.05) is 14.2 Å². The smallest absolute Gasteiger partial charge is 0.261 e. The minimum absolute atomic E-state index is 0.0785. The Labute approximate surface area is 170 Å². The highest BCUT2D eigenvalue weighted by molar-refractivity contribution is 5.81. The topological polar surface area (TPSA) is 65.4 Å². The normalized spacial score (nSPS) is 19.2. The summed E-state index contributed by atoms with van der Waals surface area (Å²) in [6.45, 7) is 0.485. The fourth-order valence-corrected chi connectivity index (χ4v) is 3.96. The molecular weight excluding hydrogens is 366 g/mol. The summed E-state index contributed by atoms with van der Waals surface area (Å²) >= 11 is 0. The van der Waals surface area contributed by atoms with Crippen molar-refractivity contribution in [1.29, 1.82) is 0 Å². The van der Waals surface area contributed by atoms with Gasteiger partial charge in [-0.2, -0.15) is 0 Å². The number of rotatable bonds is 6. The largest absolute Gasteiger partial charge is 0.493 e. The van der Waals surface area contributed by atoms with E-state index in [0.717, 1.165) is 31.2 Å². The van der Waals surface area contributed by atoms with Crippen LogP contribution in [0.2, 0.25) is 0 Å². The highest BCUT2D eigenvalue weighted by Gasteiger charge is 2.23. The molecule has 0 amide bonds. The lowest BCUT2D eigenvalue weighted by atomic mass is 9.93. The molecule has 1 aliphatic rings. The maximum Gasteiger partial charge on any atom is 0.261 e. The van der Waals surface area contributed by atoms with E-state index >= 15 is 0 Å². The van der Waals surface area contributed by atoms with Crippen LogP contribution < -0.4 is 20.3 Å². The highest BCUT2D eigenvalue weighted by Crippen LogP contribution is 2.33. The maximum absolute atomic E-state index is 13.1. The minimum atomic E-state index is -0.0785. The summed E-state index contributed by atoms with van der Waals surface area (Å²) in [4.78, 5) is 17.6. The minimum Gasteiger partial charge on any atom is -0.493 e. The van der Waals surface area contributed by atoms with Gasteiger partial charge in [0.2, 0.25) is 0 Å². The van der Waals surface area contributed by atoms with Gasteiger partial charge in [0.05, 0.1) is 37.0 Å². The van der Waals surface area contributed by atoms with Gasteiger partial charge in [-0.15, -0.1) is 0 Å². The lowest BCUT2D eigenvalue weighted by molar-refractivity contribution is 0.137. The number of ether oxygens (including phenoxy) is 2. The summed E-state index contributed by atoms with van der Waals surface area (Å²) in [6, 6.07) is 14.0. The van der Waals surface area contributed by atoms with Gasteiger partial charge in [0.25, 0.3) is 5.56 Å². The van der Waals surface area contributed by atoms with Crippen molar-refractivity contribution in [3.05, 3.63) is 64.7 Å². The number of hydrogen-bond donors (Lipinski definition) is 1. The van der Waals surface area contributed by atoms with Crippen molar-refractivity contribution in [2.24, 2.45) is 0 Å². The molecule has 2 aromatic carbocycles. The molecule has 6 heteroatoms. The molecule has 1 fully saturated rings. The number of benzene rings is 2. The van der Waals surface area contributed by atoms with E-state index in [1.807, 2.05) is 37.4 Å². The van der Waals surface area contributed by atoms with Gasteiger partial charge < -0.3 is 14.8 Å². The van der Waals surface area contributed by atoms with Crippen LogP contribution in [0.25, 0.3) is 10.9 Å². The van der Waals surface area contributed by atoms with E-state index in [-0.39, 0.29) is 11.7 Å².